The molecule has 7 nitrogen and oxygen atoms in total. The molecular formula is C21H27ClN4O3. The highest BCUT2D eigenvalue weighted by atomic mass is 35.5. The van der Waals surface area contributed by atoms with E-state index < -0.39 is 5.41 Å². The van der Waals surface area contributed by atoms with E-state index in [9.17, 15) is 9.59 Å². The molecular weight excluding hydrogens is 392 g/mol. The molecule has 0 saturated carbocycles. The predicted octanol–water partition coefficient (Wildman–Crippen LogP) is 2.91. The number of benzene rings is 1. The first-order valence-electron chi connectivity index (χ1n) is 9.76. The molecule has 29 heavy (non-hydrogen) atoms. The standard InChI is InChI=1S/C21H27ClN4O3/c1-14-7-5-6-8-16(14)19-23-17(24-29-19)11-18(27)25-9-10-26(15(2)12-25)20(28)21(3,4)13-22/h5-8,15H,9-13H2,1-4H3/t15-/m1/s1. The van der Waals surface area contributed by atoms with Gasteiger partial charge in [0.15, 0.2) is 5.82 Å². The van der Waals surface area contributed by atoms with Gasteiger partial charge in [0, 0.05) is 37.1 Å². The van der Waals surface area contributed by atoms with Crippen molar-refractivity contribution in [3.63, 3.8) is 0 Å². The monoisotopic (exact) mass is 418 g/mol. The lowest BCUT2D eigenvalue weighted by Gasteiger charge is -2.42. The molecule has 1 atom stereocenters. The molecule has 0 radical (unpaired) electrons. The minimum Gasteiger partial charge on any atom is -0.338 e. The molecule has 0 unspecified atom stereocenters. The number of hydrogen-bond donors (Lipinski definition) is 0. The molecule has 1 saturated heterocycles. The summed E-state index contributed by atoms with van der Waals surface area (Å²) in [5.74, 6) is 0.991. The van der Waals surface area contributed by atoms with Crippen LogP contribution in [0.15, 0.2) is 28.8 Å². The molecule has 1 aliphatic heterocycles. The predicted molar refractivity (Wildman–Crippen MR) is 110 cm³/mol. The minimum absolute atomic E-state index is 0.0214. The van der Waals surface area contributed by atoms with E-state index in [1.165, 1.54) is 0 Å². The second-order valence-corrected chi connectivity index (χ2v) is 8.48. The molecule has 156 valence electrons. The van der Waals surface area contributed by atoms with Crippen molar-refractivity contribution in [3.8, 4) is 11.5 Å². The Balaban J connectivity index is 1.62. The Morgan fingerprint density at radius 2 is 2.00 bits per heavy atom. The quantitative estimate of drug-likeness (QED) is 0.697. The largest absolute Gasteiger partial charge is 0.338 e. The average molecular weight is 419 g/mol. The van der Waals surface area contributed by atoms with Crippen LogP contribution < -0.4 is 0 Å². The fourth-order valence-corrected chi connectivity index (χ4v) is 3.54. The van der Waals surface area contributed by atoms with Crippen LogP contribution in [-0.4, -0.2) is 63.3 Å². The maximum absolute atomic E-state index is 12.7. The Labute approximate surface area is 176 Å². The summed E-state index contributed by atoms with van der Waals surface area (Å²) in [5.41, 5.74) is 1.28. The van der Waals surface area contributed by atoms with E-state index in [2.05, 4.69) is 10.1 Å². The van der Waals surface area contributed by atoms with Crippen molar-refractivity contribution in [3.05, 3.63) is 35.7 Å². The van der Waals surface area contributed by atoms with Crippen LogP contribution in [0.2, 0.25) is 0 Å². The molecule has 0 spiro atoms. The summed E-state index contributed by atoms with van der Waals surface area (Å²) in [7, 11) is 0. The van der Waals surface area contributed by atoms with Crippen LogP contribution in [0.25, 0.3) is 11.5 Å². The average Bonchev–Trinajstić information content (AvgIpc) is 3.15. The molecule has 0 N–H and O–H groups in total. The van der Waals surface area contributed by atoms with Crippen molar-refractivity contribution >= 4 is 23.4 Å². The Morgan fingerprint density at radius 3 is 2.66 bits per heavy atom. The van der Waals surface area contributed by atoms with Gasteiger partial charge in [-0.15, -0.1) is 11.6 Å². The van der Waals surface area contributed by atoms with Crippen LogP contribution in [0.5, 0.6) is 0 Å². The van der Waals surface area contributed by atoms with Crippen molar-refractivity contribution in [2.24, 2.45) is 5.41 Å². The molecule has 0 bridgehead atoms. The number of hydrogen-bond acceptors (Lipinski definition) is 5. The smallest absolute Gasteiger partial charge is 0.258 e. The van der Waals surface area contributed by atoms with Crippen molar-refractivity contribution in [1.82, 2.24) is 19.9 Å². The Morgan fingerprint density at radius 1 is 1.28 bits per heavy atom. The van der Waals surface area contributed by atoms with E-state index in [1.54, 1.807) is 4.90 Å². The summed E-state index contributed by atoms with van der Waals surface area (Å²) in [6, 6.07) is 7.66. The van der Waals surface area contributed by atoms with Gasteiger partial charge in [-0.05, 0) is 39.3 Å². The number of halogens is 1. The molecule has 2 amide bonds. The number of aromatic nitrogens is 2. The van der Waals surface area contributed by atoms with Gasteiger partial charge in [0.25, 0.3) is 5.89 Å². The molecule has 1 fully saturated rings. The van der Waals surface area contributed by atoms with Crippen LogP contribution in [0.1, 0.15) is 32.2 Å². The third-order valence-electron chi connectivity index (χ3n) is 5.31. The first kappa shape index (κ1) is 21.3. The number of carbonyl (C=O) groups is 2. The van der Waals surface area contributed by atoms with Crippen LogP contribution in [0.3, 0.4) is 0 Å². The molecule has 3 rings (SSSR count). The second-order valence-electron chi connectivity index (χ2n) is 8.21. The summed E-state index contributed by atoms with van der Waals surface area (Å²) < 4.78 is 5.34. The maximum atomic E-state index is 12.7. The van der Waals surface area contributed by atoms with Gasteiger partial charge in [-0.1, -0.05) is 23.4 Å². The highest BCUT2D eigenvalue weighted by molar-refractivity contribution is 6.19. The second kappa shape index (κ2) is 8.53. The number of rotatable bonds is 5. The Kier molecular flexibility index (Phi) is 6.27. The normalized spacial score (nSPS) is 17.5. The van der Waals surface area contributed by atoms with Crippen LogP contribution in [0.4, 0.5) is 0 Å². The zero-order chi connectivity index (χ0) is 21.2. The summed E-state index contributed by atoms with van der Waals surface area (Å²) in [4.78, 5) is 33.4. The molecule has 1 aromatic heterocycles. The van der Waals surface area contributed by atoms with Gasteiger partial charge in [0.2, 0.25) is 11.8 Å². The first-order valence-corrected chi connectivity index (χ1v) is 10.3. The molecule has 2 aromatic rings. The van der Waals surface area contributed by atoms with Crippen molar-refractivity contribution in [1.29, 1.82) is 0 Å². The molecule has 8 heteroatoms. The fraction of sp³-hybridized carbons (Fsp3) is 0.524. The minimum atomic E-state index is -0.613. The summed E-state index contributed by atoms with van der Waals surface area (Å²) in [6.45, 7) is 9.06. The zero-order valence-electron chi connectivity index (χ0n) is 17.3. The lowest BCUT2D eigenvalue weighted by molar-refractivity contribution is -0.147. The summed E-state index contributed by atoms with van der Waals surface area (Å²) in [6.07, 6.45) is 0.0726. The molecule has 2 heterocycles. The number of alkyl halides is 1. The highest BCUT2D eigenvalue weighted by Gasteiger charge is 2.37. The fourth-order valence-electron chi connectivity index (χ4n) is 3.43. The van der Waals surface area contributed by atoms with Crippen molar-refractivity contribution in [2.45, 2.75) is 40.2 Å². The van der Waals surface area contributed by atoms with Crippen LogP contribution in [-0.2, 0) is 16.0 Å². The van der Waals surface area contributed by atoms with E-state index in [0.717, 1.165) is 11.1 Å². The lowest BCUT2D eigenvalue weighted by Crippen LogP contribution is -2.58. The maximum Gasteiger partial charge on any atom is 0.258 e. The highest BCUT2D eigenvalue weighted by Crippen LogP contribution is 2.24. The number of aryl methyl sites for hydroxylation is 1. The van der Waals surface area contributed by atoms with Gasteiger partial charge in [-0.3, -0.25) is 9.59 Å². The SMILES string of the molecule is Cc1ccccc1-c1nc(CC(=O)N2CCN(C(=O)C(C)(C)CCl)[C@H](C)C2)no1. The Hall–Kier alpha value is -2.41. The van der Waals surface area contributed by atoms with Gasteiger partial charge in [0.1, 0.15) is 0 Å². The van der Waals surface area contributed by atoms with E-state index in [0.29, 0.717) is 31.3 Å². The van der Waals surface area contributed by atoms with Gasteiger partial charge in [-0.2, -0.15) is 4.98 Å². The third kappa shape index (κ3) is 4.61. The van der Waals surface area contributed by atoms with Gasteiger partial charge < -0.3 is 14.3 Å². The van der Waals surface area contributed by atoms with Crippen molar-refractivity contribution < 1.29 is 14.1 Å². The topological polar surface area (TPSA) is 79.5 Å². The summed E-state index contributed by atoms with van der Waals surface area (Å²) >= 11 is 5.95. The van der Waals surface area contributed by atoms with Gasteiger partial charge >= 0.3 is 0 Å². The van der Waals surface area contributed by atoms with E-state index in [-0.39, 0.29) is 30.2 Å². The number of piperazine rings is 1. The number of nitrogens with zero attached hydrogens (tertiary/aromatic N) is 4. The van der Waals surface area contributed by atoms with Crippen LogP contribution >= 0.6 is 11.6 Å². The summed E-state index contributed by atoms with van der Waals surface area (Å²) in [5, 5.41) is 3.96. The van der Waals surface area contributed by atoms with E-state index in [1.807, 2.05) is 56.9 Å². The molecule has 1 aromatic carbocycles. The number of amides is 2. The number of carbonyl (C=O) groups excluding carboxylic acids is 2. The van der Waals surface area contributed by atoms with Crippen LogP contribution in [0, 0.1) is 12.3 Å². The molecule has 1 aliphatic rings. The van der Waals surface area contributed by atoms with Crippen molar-refractivity contribution in [2.75, 3.05) is 25.5 Å². The zero-order valence-corrected chi connectivity index (χ0v) is 18.1. The first-order chi connectivity index (χ1) is 13.7. The van der Waals surface area contributed by atoms with Gasteiger partial charge in [0.05, 0.1) is 11.8 Å². The Bertz CT molecular complexity index is 896. The molecule has 0 aliphatic carbocycles. The van der Waals surface area contributed by atoms with E-state index >= 15 is 0 Å². The third-order valence-corrected chi connectivity index (χ3v) is 5.98. The van der Waals surface area contributed by atoms with E-state index in [4.69, 9.17) is 16.1 Å². The lowest BCUT2D eigenvalue weighted by atomic mass is 9.93. The van der Waals surface area contributed by atoms with Gasteiger partial charge in [-0.25, -0.2) is 0 Å².